The molecule has 5 nitrogen and oxygen atoms in total. The lowest BCUT2D eigenvalue weighted by Crippen LogP contribution is -2.26. The van der Waals surface area contributed by atoms with Crippen molar-refractivity contribution >= 4 is 22.6 Å². The van der Waals surface area contributed by atoms with Crippen molar-refractivity contribution < 1.29 is 9.90 Å². The average molecular weight is 269 g/mol. The van der Waals surface area contributed by atoms with Crippen LogP contribution in [0.2, 0.25) is 0 Å². The van der Waals surface area contributed by atoms with Crippen LogP contribution in [0, 0.1) is 11.3 Å². The fourth-order valence-corrected chi connectivity index (χ4v) is 2.24. The van der Waals surface area contributed by atoms with E-state index in [-0.39, 0.29) is 5.56 Å². The molecule has 0 amide bonds. The van der Waals surface area contributed by atoms with Gasteiger partial charge in [-0.2, -0.15) is 5.26 Å². The van der Waals surface area contributed by atoms with Gasteiger partial charge in [0.2, 0.25) is 0 Å². The zero-order valence-electron chi connectivity index (χ0n) is 11.2. The lowest BCUT2D eigenvalue weighted by molar-refractivity contribution is 0.0697. The van der Waals surface area contributed by atoms with E-state index in [1.807, 2.05) is 36.1 Å². The number of para-hydroxylation sites is 1. The smallest absolute Gasteiger partial charge is 0.339 e. The normalized spacial score (nSPS) is 10.2. The minimum Gasteiger partial charge on any atom is -0.478 e. The van der Waals surface area contributed by atoms with Crippen LogP contribution in [0.5, 0.6) is 0 Å². The Labute approximate surface area is 117 Å². The second-order valence-corrected chi connectivity index (χ2v) is 4.33. The molecule has 2 rings (SSSR count). The molecule has 0 aliphatic heterocycles. The number of nitriles is 1. The molecule has 0 saturated heterocycles. The number of carboxylic acids is 1. The monoisotopic (exact) mass is 269 g/mol. The van der Waals surface area contributed by atoms with Crippen molar-refractivity contribution in [2.75, 3.05) is 18.0 Å². The number of hydrogen-bond donors (Lipinski definition) is 1. The molecule has 0 aliphatic carbocycles. The van der Waals surface area contributed by atoms with Crippen LogP contribution in [0.1, 0.15) is 23.7 Å². The molecule has 0 fully saturated rings. The summed E-state index contributed by atoms with van der Waals surface area (Å²) < 4.78 is 0. The number of fused-ring (bicyclic) bond motifs is 1. The van der Waals surface area contributed by atoms with Gasteiger partial charge in [0.25, 0.3) is 0 Å². The maximum absolute atomic E-state index is 11.4. The molecule has 1 aromatic carbocycles. The predicted octanol–water partition coefficient (Wildman–Crippen LogP) is 2.67. The molecule has 0 unspecified atom stereocenters. The Morgan fingerprint density at radius 3 is 2.85 bits per heavy atom. The summed E-state index contributed by atoms with van der Waals surface area (Å²) in [7, 11) is 0. The standard InChI is InChI=1S/C15H15N3O2/c1-2-18(9-5-8-16)14-11-6-3-4-7-13(11)17-10-12(14)15(19)20/h3-4,6-7,10H,2,5,9H2,1H3,(H,19,20). The number of carbonyl (C=O) groups is 1. The molecule has 0 bridgehead atoms. The summed E-state index contributed by atoms with van der Waals surface area (Å²) in [5.74, 6) is -1.01. The summed E-state index contributed by atoms with van der Waals surface area (Å²) in [5, 5.41) is 18.9. The van der Waals surface area contributed by atoms with Crippen LogP contribution in [-0.4, -0.2) is 29.1 Å². The molecule has 0 atom stereocenters. The first kappa shape index (κ1) is 13.8. The SMILES string of the molecule is CCN(CCC#N)c1c(C(=O)O)cnc2ccccc12. The van der Waals surface area contributed by atoms with Crippen LogP contribution < -0.4 is 4.90 Å². The Bertz CT molecular complexity index is 676. The molecule has 0 aliphatic rings. The zero-order chi connectivity index (χ0) is 14.5. The van der Waals surface area contributed by atoms with Gasteiger partial charge in [-0.15, -0.1) is 0 Å². The first-order chi connectivity index (χ1) is 9.69. The Hall–Kier alpha value is -2.61. The fraction of sp³-hybridized carbons (Fsp3) is 0.267. The van der Waals surface area contributed by atoms with Crippen molar-refractivity contribution in [3.63, 3.8) is 0 Å². The molecule has 0 saturated carbocycles. The summed E-state index contributed by atoms with van der Waals surface area (Å²) in [6.45, 7) is 3.08. The number of aromatic carboxylic acids is 1. The summed E-state index contributed by atoms with van der Waals surface area (Å²) in [4.78, 5) is 17.5. The number of anilines is 1. The maximum atomic E-state index is 11.4. The molecule has 20 heavy (non-hydrogen) atoms. The Kier molecular flexibility index (Phi) is 4.16. The van der Waals surface area contributed by atoms with E-state index < -0.39 is 5.97 Å². The highest BCUT2D eigenvalue weighted by Gasteiger charge is 2.18. The molecular formula is C15H15N3O2. The highest BCUT2D eigenvalue weighted by Crippen LogP contribution is 2.29. The minimum absolute atomic E-state index is 0.170. The molecule has 2 aromatic rings. The number of hydrogen-bond acceptors (Lipinski definition) is 4. The summed E-state index contributed by atoms with van der Waals surface area (Å²) >= 11 is 0. The van der Waals surface area contributed by atoms with Gasteiger partial charge in [0.1, 0.15) is 5.56 Å². The third kappa shape index (κ3) is 2.54. The summed E-state index contributed by atoms with van der Waals surface area (Å²) in [6, 6.07) is 9.53. The van der Waals surface area contributed by atoms with Crippen LogP contribution in [0.4, 0.5) is 5.69 Å². The minimum atomic E-state index is -1.01. The third-order valence-electron chi connectivity index (χ3n) is 3.17. The Morgan fingerprint density at radius 2 is 2.20 bits per heavy atom. The number of nitrogens with zero attached hydrogens (tertiary/aromatic N) is 3. The number of pyridine rings is 1. The maximum Gasteiger partial charge on any atom is 0.339 e. The van der Waals surface area contributed by atoms with Gasteiger partial charge in [-0.05, 0) is 13.0 Å². The van der Waals surface area contributed by atoms with E-state index in [9.17, 15) is 9.90 Å². The molecule has 102 valence electrons. The predicted molar refractivity (Wildman–Crippen MR) is 76.8 cm³/mol. The third-order valence-corrected chi connectivity index (χ3v) is 3.17. The van der Waals surface area contributed by atoms with Crippen molar-refractivity contribution in [1.82, 2.24) is 4.98 Å². The first-order valence-electron chi connectivity index (χ1n) is 6.42. The van der Waals surface area contributed by atoms with Gasteiger partial charge in [-0.1, -0.05) is 18.2 Å². The number of rotatable bonds is 5. The van der Waals surface area contributed by atoms with Gasteiger partial charge >= 0.3 is 5.97 Å². The zero-order valence-corrected chi connectivity index (χ0v) is 11.2. The van der Waals surface area contributed by atoms with Crippen LogP contribution in [-0.2, 0) is 0 Å². The molecule has 5 heteroatoms. The van der Waals surface area contributed by atoms with Gasteiger partial charge in [0, 0.05) is 24.7 Å². The fourth-order valence-electron chi connectivity index (χ4n) is 2.24. The molecule has 1 N–H and O–H groups in total. The summed E-state index contributed by atoms with van der Waals surface area (Å²) in [5.41, 5.74) is 1.56. The Balaban J connectivity index is 2.65. The van der Waals surface area contributed by atoms with Gasteiger partial charge in [-0.3, -0.25) is 4.98 Å². The average Bonchev–Trinajstić information content (AvgIpc) is 2.47. The molecule has 0 spiro atoms. The lowest BCUT2D eigenvalue weighted by Gasteiger charge is -2.25. The Morgan fingerprint density at radius 1 is 1.45 bits per heavy atom. The van der Waals surface area contributed by atoms with Gasteiger partial charge in [0.05, 0.1) is 23.7 Å². The van der Waals surface area contributed by atoms with Crippen LogP contribution in [0.25, 0.3) is 10.9 Å². The van der Waals surface area contributed by atoms with E-state index in [0.717, 1.165) is 10.9 Å². The topological polar surface area (TPSA) is 77.2 Å². The molecule has 1 aromatic heterocycles. The lowest BCUT2D eigenvalue weighted by atomic mass is 10.1. The van der Waals surface area contributed by atoms with Crippen molar-refractivity contribution in [2.24, 2.45) is 0 Å². The van der Waals surface area contributed by atoms with Gasteiger partial charge < -0.3 is 10.0 Å². The number of aromatic nitrogens is 1. The highest BCUT2D eigenvalue weighted by atomic mass is 16.4. The van der Waals surface area contributed by atoms with Crippen LogP contribution in [0.3, 0.4) is 0 Å². The second-order valence-electron chi connectivity index (χ2n) is 4.33. The largest absolute Gasteiger partial charge is 0.478 e. The van der Waals surface area contributed by atoms with E-state index in [1.165, 1.54) is 6.20 Å². The first-order valence-corrected chi connectivity index (χ1v) is 6.42. The summed E-state index contributed by atoms with van der Waals surface area (Å²) in [6.07, 6.45) is 1.73. The van der Waals surface area contributed by atoms with Crippen LogP contribution in [0.15, 0.2) is 30.5 Å². The van der Waals surface area contributed by atoms with Gasteiger partial charge in [-0.25, -0.2) is 4.79 Å². The van der Waals surface area contributed by atoms with Crippen molar-refractivity contribution in [3.8, 4) is 6.07 Å². The van der Waals surface area contributed by atoms with Crippen molar-refractivity contribution in [1.29, 1.82) is 5.26 Å². The van der Waals surface area contributed by atoms with E-state index in [2.05, 4.69) is 11.1 Å². The van der Waals surface area contributed by atoms with Crippen molar-refractivity contribution in [2.45, 2.75) is 13.3 Å². The molecular weight excluding hydrogens is 254 g/mol. The number of benzene rings is 1. The second kappa shape index (κ2) is 6.02. The number of carboxylic acid groups (broad SMARTS) is 1. The highest BCUT2D eigenvalue weighted by molar-refractivity contribution is 6.04. The van der Waals surface area contributed by atoms with E-state index >= 15 is 0 Å². The molecule has 0 radical (unpaired) electrons. The van der Waals surface area contributed by atoms with Gasteiger partial charge in [0.15, 0.2) is 0 Å². The van der Waals surface area contributed by atoms with E-state index in [4.69, 9.17) is 5.26 Å². The quantitative estimate of drug-likeness (QED) is 0.902. The van der Waals surface area contributed by atoms with E-state index in [0.29, 0.717) is 25.2 Å². The van der Waals surface area contributed by atoms with Crippen molar-refractivity contribution in [3.05, 3.63) is 36.0 Å². The van der Waals surface area contributed by atoms with Crippen LogP contribution >= 0.6 is 0 Å². The molecule has 1 heterocycles. The van der Waals surface area contributed by atoms with E-state index in [1.54, 1.807) is 0 Å².